The summed E-state index contributed by atoms with van der Waals surface area (Å²) >= 11 is 0. The molecule has 168 valence electrons. The molecule has 0 aliphatic rings. The molecule has 1 rings (SSSR count). The van der Waals surface area contributed by atoms with E-state index in [1.165, 1.54) is 4.90 Å². The van der Waals surface area contributed by atoms with Gasteiger partial charge in [0, 0.05) is 31.3 Å². The Bertz CT molecular complexity index is 721. The van der Waals surface area contributed by atoms with Crippen molar-refractivity contribution in [3.63, 3.8) is 0 Å². The molecular formula is C21H34N4O5. The number of urea groups is 1. The summed E-state index contributed by atoms with van der Waals surface area (Å²) in [5.74, 6) is 0.152. The largest absolute Gasteiger partial charge is 0.497 e. The molecule has 0 saturated carbocycles. The Balaban J connectivity index is 2.62. The third-order valence-corrected chi connectivity index (χ3v) is 4.47. The van der Waals surface area contributed by atoms with Crippen LogP contribution in [0.5, 0.6) is 5.75 Å². The number of benzene rings is 1. The number of anilines is 1. The van der Waals surface area contributed by atoms with Crippen molar-refractivity contribution in [2.45, 2.75) is 40.5 Å². The van der Waals surface area contributed by atoms with Crippen LogP contribution in [0.3, 0.4) is 0 Å². The van der Waals surface area contributed by atoms with Crippen molar-refractivity contribution >= 4 is 23.5 Å². The second-order valence-corrected chi connectivity index (χ2v) is 8.41. The Labute approximate surface area is 178 Å². The predicted molar refractivity (Wildman–Crippen MR) is 114 cm³/mol. The zero-order valence-electron chi connectivity index (χ0n) is 18.4. The van der Waals surface area contributed by atoms with Gasteiger partial charge >= 0.3 is 6.03 Å². The summed E-state index contributed by atoms with van der Waals surface area (Å²) in [6.45, 7) is 8.27. The molecule has 0 spiro atoms. The topological polar surface area (TPSA) is 120 Å². The molecule has 0 unspecified atom stereocenters. The number of rotatable bonds is 11. The molecular weight excluding hydrogens is 388 g/mol. The maximum absolute atomic E-state index is 12.8. The van der Waals surface area contributed by atoms with Gasteiger partial charge in [-0.1, -0.05) is 33.8 Å². The van der Waals surface area contributed by atoms with Gasteiger partial charge in [0.25, 0.3) is 5.91 Å². The minimum absolute atomic E-state index is 0.142. The van der Waals surface area contributed by atoms with E-state index in [4.69, 9.17) is 9.94 Å². The van der Waals surface area contributed by atoms with E-state index >= 15 is 0 Å². The Morgan fingerprint density at radius 1 is 1.23 bits per heavy atom. The average Bonchev–Trinajstić information content (AvgIpc) is 2.69. The van der Waals surface area contributed by atoms with Crippen LogP contribution in [0.2, 0.25) is 0 Å². The molecule has 1 aromatic carbocycles. The van der Waals surface area contributed by atoms with E-state index in [1.807, 2.05) is 27.7 Å². The van der Waals surface area contributed by atoms with E-state index in [0.717, 1.165) is 6.42 Å². The molecule has 1 aromatic rings. The zero-order chi connectivity index (χ0) is 22.7. The van der Waals surface area contributed by atoms with E-state index in [9.17, 15) is 14.4 Å². The molecule has 0 fully saturated rings. The minimum Gasteiger partial charge on any atom is -0.497 e. The SMILES string of the molecule is COc1cccc(NC(=O)NCC(C)(C)CC(=O)N(CCC(C)C)CC(=O)NO)c1. The van der Waals surface area contributed by atoms with Crippen molar-refractivity contribution in [2.24, 2.45) is 11.3 Å². The lowest BCUT2D eigenvalue weighted by Gasteiger charge is -2.29. The van der Waals surface area contributed by atoms with Crippen molar-refractivity contribution in [1.29, 1.82) is 0 Å². The molecule has 0 saturated heterocycles. The highest BCUT2D eigenvalue weighted by Crippen LogP contribution is 2.21. The fourth-order valence-electron chi connectivity index (χ4n) is 2.69. The quantitative estimate of drug-likeness (QED) is 0.323. The first-order chi connectivity index (χ1) is 14.1. The van der Waals surface area contributed by atoms with Crippen molar-refractivity contribution in [2.75, 3.05) is 32.1 Å². The first-order valence-electron chi connectivity index (χ1n) is 9.96. The highest BCUT2D eigenvalue weighted by atomic mass is 16.5. The minimum atomic E-state index is -0.638. The zero-order valence-corrected chi connectivity index (χ0v) is 18.4. The van der Waals surface area contributed by atoms with Gasteiger partial charge in [-0.05, 0) is 29.9 Å². The summed E-state index contributed by atoms with van der Waals surface area (Å²) in [7, 11) is 1.55. The van der Waals surface area contributed by atoms with Crippen molar-refractivity contribution in [3.8, 4) is 5.75 Å². The van der Waals surface area contributed by atoms with E-state index in [-0.39, 0.29) is 31.4 Å². The molecule has 9 nitrogen and oxygen atoms in total. The van der Waals surface area contributed by atoms with Crippen LogP contribution in [0.1, 0.15) is 40.5 Å². The normalized spacial score (nSPS) is 11.0. The highest BCUT2D eigenvalue weighted by molar-refractivity contribution is 5.89. The number of nitrogens with one attached hydrogen (secondary N) is 3. The smallest absolute Gasteiger partial charge is 0.319 e. The summed E-state index contributed by atoms with van der Waals surface area (Å²) in [4.78, 5) is 37.9. The Morgan fingerprint density at radius 3 is 2.53 bits per heavy atom. The van der Waals surface area contributed by atoms with Gasteiger partial charge in [-0.3, -0.25) is 14.8 Å². The molecule has 9 heteroatoms. The van der Waals surface area contributed by atoms with Crippen LogP contribution in [0.15, 0.2) is 24.3 Å². The average molecular weight is 423 g/mol. The van der Waals surface area contributed by atoms with Gasteiger partial charge in [-0.25, -0.2) is 10.3 Å². The van der Waals surface area contributed by atoms with Gasteiger partial charge in [-0.2, -0.15) is 0 Å². The summed E-state index contributed by atoms with van der Waals surface area (Å²) < 4.78 is 5.13. The molecule has 0 heterocycles. The number of amides is 4. The number of ether oxygens (including phenoxy) is 1. The van der Waals surface area contributed by atoms with Crippen molar-refractivity contribution in [1.82, 2.24) is 15.7 Å². The number of nitrogens with zero attached hydrogens (tertiary/aromatic N) is 1. The monoisotopic (exact) mass is 422 g/mol. The molecule has 0 aromatic heterocycles. The van der Waals surface area contributed by atoms with Gasteiger partial charge < -0.3 is 20.3 Å². The van der Waals surface area contributed by atoms with E-state index in [1.54, 1.807) is 36.9 Å². The Hall–Kier alpha value is -2.81. The first kappa shape index (κ1) is 25.2. The third-order valence-electron chi connectivity index (χ3n) is 4.47. The lowest BCUT2D eigenvalue weighted by molar-refractivity contribution is -0.140. The van der Waals surface area contributed by atoms with Gasteiger partial charge in [0.05, 0.1) is 7.11 Å². The molecule has 4 N–H and O–H groups in total. The number of carbonyl (C=O) groups is 3. The fourth-order valence-corrected chi connectivity index (χ4v) is 2.69. The second kappa shape index (κ2) is 12.0. The molecule has 0 radical (unpaired) electrons. The number of hydrogen-bond acceptors (Lipinski definition) is 5. The first-order valence-corrected chi connectivity index (χ1v) is 9.96. The van der Waals surface area contributed by atoms with Crippen LogP contribution in [0.25, 0.3) is 0 Å². The highest BCUT2D eigenvalue weighted by Gasteiger charge is 2.27. The van der Waals surface area contributed by atoms with Gasteiger partial charge in [-0.15, -0.1) is 0 Å². The molecule has 0 bridgehead atoms. The Kier molecular flexibility index (Phi) is 10.1. The summed E-state index contributed by atoms with van der Waals surface area (Å²) in [6.07, 6.45) is 0.884. The van der Waals surface area contributed by atoms with Crippen LogP contribution < -0.4 is 20.9 Å². The number of carbonyl (C=O) groups excluding carboxylic acids is 3. The summed E-state index contributed by atoms with van der Waals surface area (Å²) in [5, 5.41) is 14.3. The van der Waals surface area contributed by atoms with Gasteiger partial charge in [0.2, 0.25) is 5.91 Å². The van der Waals surface area contributed by atoms with Crippen LogP contribution in [0, 0.1) is 11.3 Å². The summed E-state index contributed by atoms with van der Waals surface area (Å²) in [6, 6.07) is 6.61. The second-order valence-electron chi connectivity index (χ2n) is 8.41. The lowest BCUT2D eigenvalue weighted by Crippen LogP contribution is -2.44. The fraction of sp³-hybridized carbons (Fsp3) is 0.571. The molecule has 30 heavy (non-hydrogen) atoms. The maximum Gasteiger partial charge on any atom is 0.319 e. The standard InChI is InChI=1S/C21H34N4O5/c1-15(2)9-10-25(13-18(26)24-29)19(27)12-21(3,4)14-22-20(28)23-16-7-6-8-17(11-16)30-5/h6-8,11,15,29H,9-10,12-14H2,1-5H3,(H,24,26)(H2,22,23,28). The molecule has 0 aliphatic heterocycles. The number of methoxy groups -OCH3 is 1. The maximum atomic E-state index is 12.8. The number of hydroxylamine groups is 1. The number of hydrogen-bond donors (Lipinski definition) is 4. The predicted octanol–water partition coefficient (Wildman–Crippen LogP) is 2.61. The molecule has 0 aliphatic carbocycles. The van der Waals surface area contributed by atoms with Crippen LogP contribution in [-0.2, 0) is 9.59 Å². The van der Waals surface area contributed by atoms with Crippen molar-refractivity contribution in [3.05, 3.63) is 24.3 Å². The van der Waals surface area contributed by atoms with Crippen LogP contribution in [0.4, 0.5) is 10.5 Å². The van der Waals surface area contributed by atoms with Crippen molar-refractivity contribution < 1.29 is 24.3 Å². The van der Waals surface area contributed by atoms with Crippen LogP contribution >= 0.6 is 0 Å². The lowest BCUT2D eigenvalue weighted by atomic mass is 9.88. The van der Waals surface area contributed by atoms with E-state index in [2.05, 4.69) is 10.6 Å². The molecule has 0 atom stereocenters. The van der Waals surface area contributed by atoms with Gasteiger partial charge in [0.15, 0.2) is 0 Å². The van der Waals surface area contributed by atoms with E-state index < -0.39 is 11.3 Å². The molecule has 4 amide bonds. The van der Waals surface area contributed by atoms with Gasteiger partial charge in [0.1, 0.15) is 12.3 Å². The third kappa shape index (κ3) is 9.60. The Morgan fingerprint density at radius 2 is 1.93 bits per heavy atom. The van der Waals surface area contributed by atoms with E-state index in [0.29, 0.717) is 23.9 Å². The van der Waals surface area contributed by atoms with Crippen LogP contribution in [-0.4, -0.2) is 54.7 Å². The summed E-state index contributed by atoms with van der Waals surface area (Å²) in [5.41, 5.74) is 1.63.